The van der Waals surface area contributed by atoms with Crippen molar-refractivity contribution in [3.05, 3.63) is 23.2 Å². The molecule has 1 unspecified atom stereocenters. The van der Waals surface area contributed by atoms with Crippen LogP contribution in [0.1, 0.15) is 46.5 Å². The van der Waals surface area contributed by atoms with E-state index >= 15 is 0 Å². The minimum atomic E-state index is -0.205. The van der Waals surface area contributed by atoms with E-state index in [1.54, 1.807) is 6.92 Å². The number of likely N-dealkylation sites (tertiary alicyclic amines) is 1. The molecule has 2 fully saturated rings. The molecule has 0 bridgehead atoms. The number of rotatable bonds is 5. The zero-order chi connectivity index (χ0) is 18.6. The summed E-state index contributed by atoms with van der Waals surface area (Å²) in [5.41, 5.74) is 1.38. The molecule has 6 nitrogen and oxygen atoms in total. The second-order valence-corrected chi connectivity index (χ2v) is 7.84. The molecule has 0 aromatic heterocycles. The highest BCUT2D eigenvalue weighted by atomic mass is 16.6. The molecule has 1 atom stereocenters. The number of piperidine rings is 1. The highest BCUT2D eigenvalue weighted by molar-refractivity contribution is 5.91. The minimum Gasteiger partial charge on any atom is -0.491 e. The highest BCUT2D eigenvalue weighted by Crippen LogP contribution is 2.38. The summed E-state index contributed by atoms with van der Waals surface area (Å²) in [5.74, 6) is 0.654. The largest absolute Gasteiger partial charge is 0.491 e. The Bertz CT molecular complexity index is 572. The lowest BCUT2D eigenvalue weighted by molar-refractivity contribution is -0.124. The zero-order valence-corrected chi connectivity index (χ0v) is 16.3. The van der Waals surface area contributed by atoms with Gasteiger partial charge in [-0.1, -0.05) is 11.6 Å². The van der Waals surface area contributed by atoms with Crippen LogP contribution in [0.3, 0.4) is 0 Å². The Morgan fingerprint density at radius 2 is 1.96 bits per heavy atom. The molecule has 3 aliphatic heterocycles. The van der Waals surface area contributed by atoms with Crippen LogP contribution >= 0.6 is 0 Å². The molecule has 6 heteroatoms. The van der Waals surface area contributed by atoms with E-state index in [1.807, 2.05) is 0 Å². The molecule has 0 radical (unpaired) electrons. The number of nitrogens with zero attached hydrogens (tertiary/aromatic N) is 1. The van der Waals surface area contributed by atoms with Gasteiger partial charge in [0.15, 0.2) is 0 Å². The summed E-state index contributed by atoms with van der Waals surface area (Å²) in [6.45, 7) is 10.7. The van der Waals surface area contributed by atoms with E-state index < -0.39 is 0 Å². The van der Waals surface area contributed by atoms with Gasteiger partial charge in [0.2, 0.25) is 5.76 Å². The summed E-state index contributed by atoms with van der Waals surface area (Å²) in [7, 11) is 0. The summed E-state index contributed by atoms with van der Waals surface area (Å²) >= 11 is 0. The van der Waals surface area contributed by atoms with Crippen LogP contribution in [0.5, 0.6) is 0 Å². The van der Waals surface area contributed by atoms with Gasteiger partial charge in [-0.05, 0) is 46.5 Å². The number of amides is 1. The van der Waals surface area contributed by atoms with Crippen molar-refractivity contribution in [2.45, 2.75) is 58.2 Å². The van der Waals surface area contributed by atoms with Crippen molar-refractivity contribution in [2.75, 3.05) is 39.4 Å². The van der Waals surface area contributed by atoms with Gasteiger partial charge >= 0.3 is 0 Å². The van der Waals surface area contributed by atoms with Crippen molar-refractivity contribution in [1.82, 2.24) is 10.2 Å². The molecule has 3 rings (SSSR count). The van der Waals surface area contributed by atoms with Gasteiger partial charge in [-0.25, -0.2) is 0 Å². The first-order valence-electron chi connectivity index (χ1n) is 9.76. The molecule has 0 aliphatic carbocycles. The molecule has 1 spiro atoms. The number of carbonyl (C=O) groups is 1. The quantitative estimate of drug-likeness (QED) is 0.759. The number of hydrogen-bond acceptors (Lipinski definition) is 5. The predicted molar refractivity (Wildman–Crippen MR) is 99.6 cm³/mol. The molecular formula is C20H32N2O4. The average Bonchev–Trinajstić information content (AvgIpc) is 3.02. The van der Waals surface area contributed by atoms with E-state index in [4.69, 9.17) is 14.2 Å². The van der Waals surface area contributed by atoms with Crippen molar-refractivity contribution in [2.24, 2.45) is 0 Å². The highest BCUT2D eigenvalue weighted by Gasteiger charge is 2.42. The van der Waals surface area contributed by atoms with Crippen LogP contribution in [0.25, 0.3) is 0 Å². The number of carbonyl (C=O) groups excluding carboxylic acids is 1. The smallest absolute Gasteiger partial charge is 0.290 e. The van der Waals surface area contributed by atoms with Crippen LogP contribution in [-0.2, 0) is 19.0 Å². The van der Waals surface area contributed by atoms with Crippen molar-refractivity contribution in [1.29, 1.82) is 0 Å². The van der Waals surface area contributed by atoms with Crippen molar-refractivity contribution in [3.63, 3.8) is 0 Å². The molecule has 1 amide bonds. The van der Waals surface area contributed by atoms with E-state index in [0.29, 0.717) is 31.3 Å². The maximum Gasteiger partial charge on any atom is 0.290 e. The second kappa shape index (κ2) is 8.44. The lowest BCUT2D eigenvalue weighted by atomic mass is 9.88. The topological polar surface area (TPSA) is 60.0 Å². The Labute approximate surface area is 156 Å². The molecule has 3 heterocycles. The van der Waals surface area contributed by atoms with Gasteiger partial charge < -0.3 is 19.5 Å². The normalized spacial score (nSPS) is 25.6. The molecule has 146 valence electrons. The van der Waals surface area contributed by atoms with Crippen LogP contribution in [-0.4, -0.2) is 61.9 Å². The molecule has 0 saturated carbocycles. The molecule has 0 aromatic carbocycles. The SMILES string of the molecule is CC(C)=CCN1CCC2(CCC(CNC(=O)C3=C(C)OCCO3)O2)CC1. The lowest BCUT2D eigenvalue weighted by Crippen LogP contribution is -2.45. The zero-order valence-electron chi connectivity index (χ0n) is 16.3. The van der Waals surface area contributed by atoms with E-state index in [-0.39, 0.29) is 17.6 Å². The number of ether oxygens (including phenoxy) is 3. The van der Waals surface area contributed by atoms with Crippen molar-refractivity contribution >= 4 is 5.91 Å². The fraction of sp³-hybridized carbons (Fsp3) is 0.750. The third kappa shape index (κ3) is 4.80. The van der Waals surface area contributed by atoms with Crippen molar-refractivity contribution in [3.8, 4) is 0 Å². The Hall–Kier alpha value is -1.53. The van der Waals surface area contributed by atoms with Gasteiger partial charge in [0.1, 0.15) is 19.0 Å². The summed E-state index contributed by atoms with van der Waals surface area (Å²) in [6.07, 6.45) is 6.63. The molecule has 2 saturated heterocycles. The fourth-order valence-electron chi connectivity index (χ4n) is 3.88. The summed E-state index contributed by atoms with van der Waals surface area (Å²) in [4.78, 5) is 14.8. The first-order valence-corrected chi connectivity index (χ1v) is 9.76. The molecule has 0 aromatic rings. The van der Waals surface area contributed by atoms with E-state index in [2.05, 4.69) is 30.1 Å². The van der Waals surface area contributed by atoms with E-state index in [9.17, 15) is 4.79 Å². The number of nitrogens with one attached hydrogen (secondary N) is 1. The van der Waals surface area contributed by atoms with Crippen molar-refractivity contribution < 1.29 is 19.0 Å². The maximum absolute atomic E-state index is 12.3. The van der Waals surface area contributed by atoms with E-state index in [0.717, 1.165) is 45.3 Å². The first-order chi connectivity index (χ1) is 12.5. The molecule has 1 N–H and O–H groups in total. The van der Waals surface area contributed by atoms with Crippen LogP contribution < -0.4 is 5.32 Å². The molecular weight excluding hydrogens is 332 g/mol. The van der Waals surface area contributed by atoms with Gasteiger partial charge in [-0.2, -0.15) is 0 Å². The van der Waals surface area contributed by atoms with Gasteiger partial charge in [0, 0.05) is 26.2 Å². The Balaban J connectivity index is 1.43. The molecule has 3 aliphatic rings. The van der Waals surface area contributed by atoms with Crippen LogP contribution in [0.2, 0.25) is 0 Å². The van der Waals surface area contributed by atoms with Gasteiger partial charge in [0.05, 0.1) is 11.7 Å². The maximum atomic E-state index is 12.3. The fourth-order valence-corrected chi connectivity index (χ4v) is 3.88. The number of allylic oxidation sites excluding steroid dienone is 2. The minimum absolute atomic E-state index is 0.0104. The summed E-state index contributed by atoms with van der Waals surface area (Å²) in [6, 6.07) is 0. The Morgan fingerprint density at radius 1 is 1.23 bits per heavy atom. The Kier molecular flexibility index (Phi) is 6.24. The van der Waals surface area contributed by atoms with Gasteiger partial charge in [0.25, 0.3) is 5.91 Å². The second-order valence-electron chi connectivity index (χ2n) is 7.84. The predicted octanol–water partition coefficient (Wildman–Crippen LogP) is 2.36. The van der Waals surface area contributed by atoms with Gasteiger partial charge in [-0.3, -0.25) is 9.69 Å². The number of hydrogen-bond donors (Lipinski definition) is 1. The summed E-state index contributed by atoms with van der Waals surface area (Å²) in [5, 5.41) is 2.94. The molecule has 26 heavy (non-hydrogen) atoms. The monoisotopic (exact) mass is 364 g/mol. The first kappa shape index (κ1) is 19.2. The average molecular weight is 364 g/mol. The lowest BCUT2D eigenvalue weighted by Gasteiger charge is -2.39. The standard InChI is InChI=1S/C20H32N2O4/c1-15(2)5-9-22-10-7-20(8-11-22)6-4-17(26-20)14-21-19(23)18-16(3)24-12-13-25-18/h5,17H,4,6-14H2,1-3H3,(H,21,23). The third-order valence-corrected chi connectivity index (χ3v) is 5.53. The van der Waals surface area contributed by atoms with Crippen LogP contribution in [0, 0.1) is 0 Å². The van der Waals surface area contributed by atoms with Gasteiger partial charge in [-0.15, -0.1) is 0 Å². The van der Waals surface area contributed by atoms with Crippen LogP contribution in [0.15, 0.2) is 23.2 Å². The third-order valence-electron chi connectivity index (χ3n) is 5.53. The van der Waals surface area contributed by atoms with Crippen LogP contribution in [0.4, 0.5) is 0 Å². The van der Waals surface area contributed by atoms with E-state index in [1.165, 1.54) is 5.57 Å². The summed E-state index contributed by atoms with van der Waals surface area (Å²) < 4.78 is 17.2. The Morgan fingerprint density at radius 3 is 2.65 bits per heavy atom.